The Morgan fingerprint density at radius 1 is 1.04 bits per heavy atom. The van der Waals surface area contributed by atoms with Gasteiger partial charge in [0.05, 0.1) is 12.8 Å². The van der Waals surface area contributed by atoms with E-state index >= 15 is 0 Å². The minimum absolute atomic E-state index is 0.0274. The molecule has 2 heterocycles. The van der Waals surface area contributed by atoms with Crippen LogP contribution in [0.15, 0.2) is 41.2 Å². The van der Waals surface area contributed by atoms with Gasteiger partial charge in [-0.3, -0.25) is 14.4 Å². The lowest BCUT2D eigenvalue weighted by Crippen LogP contribution is -2.50. The summed E-state index contributed by atoms with van der Waals surface area (Å²) < 4.78 is 5.10. The van der Waals surface area contributed by atoms with Gasteiger partial charge in [0.15, 0.2) is 0 Å². The fourth-order valence-corrected chi connectivity index (χ4v) is 2.98. The zero-order valence-corrected chi connectivity index (χ0v) is 15.2. The van der Waals surface area contributed by atoms with Crippen LogP contribution < -0.4 is 10.3 Å². The first-order chi connectivity index (χ1) is 13.1. The molecule has 1 aromatic heterocycles. The molecule has 1 saturated heterocycles. The normalized spacial score (nSPS) is 14.1. The summed E-state index contributed by atoms with van der Waals surface area (Å²) in [5.74, 6) is 0.695. The lowest BCUT2D eigenvalue weighted by Gasteiger charge is -2.35. The van der Waals surface area contributed by atoms with E-state index in [1.54, 1.807) is 47.2 Å². The van der Waals surface area contributed by atoms with Crippen LogP contribution in [0.25, 0.3) is 0 Å². The zero-order chi connectivity index (χ0) is 19.2. The van der Waals surface area contributed by atoms with Crippen LogP contribution in [0.1, 0.15) is 22.5 Å². The number of hydrogen-bond acceptors (Lipinski definition) is 5. The van der Waals surface area contributed by atoms with Crippen LogP contribution in [0.2, 0.25) is 0 Å². The van der Waals surface area contributed by atoms with Gasteiger partial charge in [-0.15, -0.1) is 0 Å². The molecule has 1 aromatic carbocycles. The van der Waals surface area contributed by atoms with Crippen molar-refractivity contribution in [2.24, 2.45) is 0 Å². The smallest absolute Gasteiger partial charge is 0.264 e. The van der Waals surface area contributed by atoms with Crippen LogP contribution in [0, 0.1) is 0 Å². The van der Waals surface area contributed by atoms with Crippen molar-refractivity contribution in [3.05, 3.63) is 58.0 Å². The third kappa shape index (κ3) is 4.72. The van der Waals surface area contributed by atoms with E-state index in [0.29, 0.717) is 56.0 Å². The third-order valence-electron chi connectivity index (χ3n) is 4.59. The first kappa shape index (κ1) is 18.6. The molecule has 3 rings (SSSR count). The number of rotatable bonds is 5. The van der Waals surface area contributed by atoms with E-state index in [-0.39, 0.29) is 17.4 Å². The number of hydrogen-bond donors (Lipinski definition) is 1. The molecule has 0 bridgehead atoms. The number of aromatic nitrogens is 2. The van der Waals surface area contributed by atoms with Crippen molar-refractivity contribution in [1.82, 2.24) is 20.0 Å². The molecular weight excluding hydrogens is 348 g/mol. The van der Waals surface area contributed by atoms with Gasteiger partial charge >= 0.3 is 0 Å². The minimum Gasteiger partial charge on any atom is -0.497 e. The molecule has 2 aromatic rings. The van der Waals surface area contributed by atoms with Gasteiger partial charge in [0, 0.05) is 50.7 Å². The molecule has 2 amide bonds. The van der Waals surface area contributed by atoms with Gasteiger partial charge in [-0.2, -0.15) is 5.10 Å². The van der Waals surface area contributed by atoms with Crippen LogP contribution >= 0.6 is 0 Å². The van der Waals surface area contributed by atoms with Crippen molar-refractivity contribution in [3.63, 3.8) is 0 Å². The first-order valence-electron chi connectivity index (χ1n) is 8.82. The van der Waals surface area contributed by atoms with Crippen LogP contribution in [0.4, 0.5) is 0 Å². The van der Waals surface area contributed by atoms with Crippen molar-refractivity contribution in [2.45, 2.75) is 12.8 Å². The number of H-pyrrole nitrogens is 1. The number of carbonyl (C=O) groups is 2. The molecule has 1 aliphatic heterocycles. The Kier molecular flexibility index (Phi) is 5.85. The number of benzene rings is 1. The Hall–Kier alpha value is -3.16. The maximum Gasteiger partial charge on any atom is 0.264 e. The molecule has 1 fully saturated rings. The zero-order valence-electron chi connectivity index (χ0n) is 15.2. The number of ether oxygens (including phenoxy) is 1. The third-order valence-corrected chi connectivity index (χ3v) is 4.59. The average Bonchev–Trinajstić information content (AvgIpc) is 2.73. The molecule has 0 saturated carbocycles. The van der Waals surface area contributed by atoms with E-state index in [2.05, 4.69) is 10.2 Å². The standard InChI is InChI=1S/C19H22N4O4/c1-27-16-6-2-14(3-7-16)19(26)23-12-10-22(11-13-23)18(25)9-5-15-4-8-17(24)21-20-15/h2-4,6-8H,5,9-13H2,1H3,(H,21,24). The van der Waals surface area contributed by atoms with Crippen molar-refractivity contribution < 1.29 is 14.3 Å². The summed E-state index contributed by atoms with van der Waals surface area (Å²) in [6.45, 7) is 2.04. The maximum atomic E-state index is 12.6. The van der Waals surface area contributed by atoms with Gasteiger partial charge < -0.3 is 14.5 Å². The summed E-state index contributed by atoms with van der Waals surface area (Å²) in [6.07, 6.45) is 0.798. The summed E-state index contributed by atoms with van der Waals surface area (Å²) in [4.78, 5) is 39.4. The van der Waals surface area contributed by atoms with E-state index in [4.69, 9.17) is 4.74 Å². The Bertz CT molecular complexity index is 834. The second-order valence-corrected chi connectivity index (χ2v) is 6.31. The predicted molar refractivity (Wildman–Crippen MR) is 98.7 cm³/mol. The molecule has 0 radical (unpaired) electrons. The van der Waals surface area contributed by atoms with E-state index < -0.39 is 0 Å². The molecule has 8 heteroatoms. The monoisotopic (exact) mass is 370 g/mol. The lowest BCUT2D eigenvalue weighted by atomic mass is 10.1. The average molecular weight is 370 g/mol. The number of aromatic amines is 1. The SMILES string of the molecule is COc1ccc(C(=O)N2CCN(C(=O)CCc3ccc(=O)[nH]n3)CC2)cc1. The van der Waals surface area contributed by atoms with Crippen molar-refractivity contribution in [1.29, 1.82) is 0 Å². The minimum atomic E-state index is -0.261. The predicted octanol–water partition coefficient (Wildman–Crippen LogP) is 0.696. The molecule has 0 aliphatic carbocycles. The Balaban J connectivity index is 1.48. The molecule has 27 heavy (non-hydrogen) atoms. The van der Waals surface area contributed by atoms with Gasteiger partial charge in [-0.25, -0.2) is 5.10 Å². The van der Waals surface area contributed by atoms with E-state index in [0.717, 1.165) is 0 Å². The van der Waals surface area contributed by atoms with Crippen LogP contribution in [0.5, 0.6) is 5.75 Å². The van der Waals surface area contributed by atoms with E-state index in [1.165, 1.54) is 6.07 Å². The molecule has 142 valence electrons. The number of carbonyl (C=O) groups excluding carboxylic acids is 2. The Labute approximate surface area is 156 Å². The quantitative estimate of drug-likeness (QED) is 0.836. The van der Waals surface area contributed by atoms with Crippen LogP contribution in [0.3, 0.4) is 0 Å². The molecular formula is C19H22N4O4. The highest BCUT2D eigenvalue weighted by atomic mass is 16.5. The fraction of sp³-hybridized carbons (Fsp3) is 0.368. The highest BCUT2D eigenvalue weighted by Crippen LogP contribution is 2.14. The van der Waals surface area contributed by atoms with Crippen molar-refractivity contribution in [3.8, 4) is 5.75 Å². The van der Waals surface area contributed by atoms with E-state index in [1.807, 2.05) is 0 Å². The summed E-state index contributed by atoms with van der Waals surface area (Å²) in [5, 5.41) is 6.27. The van der Waals surface area contributed by atoms with Crippen LogP contribution in [-0.4, -0.2) is 65.1 Å². The molecule has 1 N–H and O–H groups in total. The Morgan fingerprint density at radius 3 is 2.30 bits per heavy atom. The van der Waals surface area contributed by atoms with Crippen molar-refractivity contribution in [2.75, 3.05) is 33.3 Å². The summed E-state index contributed by atoms with van der Waals surface area (Å²) in [7, 11) is 1.58. The highest BCUT2D eigenvalue weighted by molar-refractivity contribution is 5.94. The second-order valence-electron chi connectivity index (χ2n) is 6.31. The van der Waals surface area contributed by atoms with Gasteiger partial charge in [0.25, 0.3) is 11.5 Å². The van der Waals surface area contributed by atoms with Gasteiger partial charge in [0.1, 0.15) is 5.75 Å². The first-order valence-corrected chi connectivity index (χ1v) is 8.82. The number of piperazine rings is 1. The Morgan fingerprint density at radius 2 is 1.70 bits per heavy atom. The van der Waals surface area contributed by atoms with Crippen molar-refractivity contribution >= 4 is 11.8 Å². The van der Waals surface area contributed by atoms with Gasteiger partial charge in [0.2, 0.25) is 5.91 Å². The highest BCUT2D eigenvalue weighted by Gasteiger charge is 2.24. The molecule has 1 aliphatic rings. The largest absolute Gasteiger partial charge is 0.497 e. The second kappa shape index (κ2) is 8.48. The molecule has 0 spiro atoms. The number of nitrogens with zero attached hydrogens (tertiary/aromatic N) is 3. The fourth-order valence-electron chi connectivity index (χ4n) is 2.98. The number of amides is 2. The van der Waals surface area contributed by atoms with Crippen LogP contribution in [-0.2, 0) is 11.2 Å². The molecule has 0 atom stereocenters. The lowest BCUT2D eigenvalue weighted by molar-refractivity contribution is -0.132. The van der Waals surface area contributed by atoms with Gasteiger partial charge in [-0.1, -0.05) is 0 Å². The summed E-state index contributed by atoms with van der Waals surface area (Å²) in [5.41, 5.74) is 1.03. The molecule has 8 nitrogen and oxygen atoms in total. The number of methoxy groups -OCH3 is 1. The number of nitrogens with one attached hydrogen (secondary N) is 1. The van der Waals surface area contributed by atoms with E-state index in [9.17, 15) is 14.4 Å². The summed E-state index contributed by atoms with van der Waals surface area (Å²) >= 11 is 0. The number of aryl methyl sites for hydroxylation is 1. The van der Waals surface area contributed by atoms with Gasteiger partial charge in [-0.05, 0) is 30.3 Å². The topological polar surface area (TPSA) is 95.6 Å². The molecule has 0 unspecified atom stereocenters. The summed E-state index contributed by atoms with van der Waals surface area (Å²) in [6, 6.07) is 10.0. The maximum absolute atomic E-state index is 12.6.